The molecular weight excluding hydrogens is 268 g/mol. The van der Waals surface area contributed by atoms with Gasteiger partial charge in [0.1, 0.15) is 0 Å². The highest BCUT2D eigenvalue weighted by Gasteiger charge is 2.27. The highest BCUT2D eigenvalue weighted by Crippen LogP contribution is 2.19. The maximum atomic E-state index is 12.0. The smallest absolute Gasteiger partial charge is 0.228 e. The minimum absolute atomic E-state index is 0.110. The Labute approximate surface area is 125 Å². The van der Waals surface area contributed by atoms with Gasteiger partial charge in [0.2, 0.25) is 17.7 Å². The molecule has 0 saturated carbocycles. The van der Waals surface area contributed by atoms with E-state index in [9.17, 15) is 4.79 Å². The van der Waals surface area contributed by atoms with Crippen LogP contribution in [0.5, 0.6) is 5.88 Å². The molecule has 116 valence electrons. The van der Waals surface area contributed by atoms with Crippen LogP contribution in [0.1, 0.15) is 33.6 Å². The zero-order chi connectivity index (χ0) is 15.5. The van der Waals surface area contributed by atoms with Gasteiger partial charge in [0, 0.05) is 36.8 Å². The van der Waals surface area contributed by atoms with Crippen LogP contribution in [0.3, 0.4) is 0 Å². The first-order chi connectivity index (χ1) is 9.90. The zero-order valence-electron chi connectivity index (χ0n) is 13.2. The van der Waals surface area contributed by atoms with Crippen molar-refractivity contribution in [1.82, 2.24) is 15.3 Å². The van der Waals surface area contributed by atoms with Crippen LogP contribution in [0.25, 0.3) is 0 Å². The summed E-state index contributed by atoms with van der Waals surface area (Å²) < 4.78 is 5.12. The standard InChI is InChI=1S/C15H24N4O2/c1-15(2,3)13(20)17-11-6-9-19(10-7-11)14-16-8-5-12(18-14)21-4/h5,8,11H,6-7,9-10H2,1-4H3,(H,17,20). The molecule has 0 radical (unpaired) electrons. The van der Waals surface area contributed by atoms with Crippen LogP contribution >= 0.6 is 0 Å². The summed E-state index contributed by atoms with van der Waals surface area (Å²) in [7, 11) is 1.60. The Bertz CT molecular complexity index is 491. The normalized spacial score (nSPS) is 16.7. The predicted octanol–water partition coefficient (Wildman–Crippen LogP) is 1.62. The van der Waals surface area contributed by atoms with Crippen LogP contribution in [0.2, 0.25) is 0 Å². The molecular formula is C15H24N4O2. The number of carbonyl (C=O) groups excluding carboxylic acids is 1. The molecule has 1 aliphatic rings. The van der Waals surface area contributed by atoms with Gasteiger partial charge in [-0.15, -0.1) is 0 Å². The molecule has 1 aromatic rings. The van der Waals surface area contributed by atoms with Crippen molar-refractivity contribution in [3.05, 3.63) is 12.3 Å². The van der Waals surface area contributed by atoms with E-state index in [1.54, 1.807) is 19.4 Å². The van der Waals surface area contributed by atoms with Gasteiger partial charge in [0.15, 0.2) is 0 Å². The summed E-state index contributed by atoms with van der Waals surface area (Å²) in [4.78, 5) is 22.8. The van der Waals surface area contributed by atoms with Gasteiger partial charge in [-0.1, -0.05) is 20.8 Å². The van der Waals surface area contributed by atoms with E-state index < -0.39 is 0 Å². The van der Waals surface area contributed by atoms with Gasteiger partial charge in [-0.3, -0.25) is 4.79 Å². The third-order valence-corrected chi connectivity index (χ3v) is 3.62. The summed E-state index contributed by atoms with van der Waals surface area (Å²) in [6.45, 7) is 7.47. The van der Waals surface area contributed by atoms with E-state index in [1.165, 1.54) is 0 Å². The molecule has 2 heterocycles. The number of anilines is 1. The summed E-state index contributed by atoms with van der Waals surface area (Å²) >= 11 is 0. The molecule has 1 fully saturated rings. The van der Waals surface area contributed by atoms with Crippen LogP contribution in [-0.4, -0.2) is 42.1 Å². The van der Waals surface area contributed by atoms with Crippen molar-refractivity contribution >= 4 is 11.9 Å². The fourth-order valence-corrected chi connectivity index (χ4v) is 2.22. The average molecular weight is 292 g/mol. The third-order valence-electron chi connectivity index (χ3n) is 3.62. The second-order valence-corrected chi connectivity index (χ2v) is 6.38. The lowest BCUT2D eigenvalue weighted by atomic mass is 9.94. The Kier molecular flexibility index (Phi) is 4.65. The number of rotatable bonds is 3. The van der Waals surface area contributed by atoms with Crippen LogP contribution in [0.4, 0.5) is 5.95 Å². The van der Waals surface area contributed by atoms with Gasteiger partial charge < -0.3 is 15.0 Å². The second-order valence-electron chi connectivity index (χ2n) is 6.38. The van der Waals surface area contributed by atoms with Gasteiger partial charge in [-0.25, -0.2) is 4.98 Å². The Balaban J connectivity index is 1.89. The molecule has 6 heteroatoms. The van der Waals surface area contributed by atoms with Gasteiger partial charge in [0.05, 0.1) is 7.11 Å². The molecule has 0 aliphatic carbocycles. The molecule has 0 spiro atoms. The highest BCUT2D eigenvalue weighted by atomic mass is 16.5. The zero-order valence-corrected chi connectivity index (χ0v) is 13.2. The second kappa shape index (κ2) is 6.28. The molecule has 1 aromatic heterocycles. The molecule has 21 heavy (non-hydrogen) atoms. The average Bonchev–Trinajstić information content (AvgIpc) is 2.47. The summed E-state index contributed by atoms with van der Waals surface area (Å²) in [6, 6.07) is 1.97. The summed E-state index contributed by atoms with van der Waals surface area (Å²) in [6.07, 6.45) is 3.51. The molecule has 1 saturated heterocycles. The topological polar surface area (TPSA) is 67.3 Å². The van der Waals surface area contributed by atoms with Crippen LogP contribution in [-0.2, 0) is 4.79 Å². The predicted molar refractivity (Wildman–Crippen MR) is 81.4 cm³/mol. The van der Waals surface area contributed by atoms with E-state index in [1.807, 2.05) is 20.8 Å². The van der Waals surface area contributed by atoms with Gasteiger partial charge in [-0.2, -0.15) is 4.98 Å². The molecule has 0 atom stereocenters. The molecule has 0 aromatic carbocycles. The van der Waals surface area contributed by atoms with Gasteiger partial charge in [0.25, 0.3) is 0 Å². The SMILES string of the molecule is COc1ccnc(N2CCC(NC(=O)C(C)(C)C)CC2)n1. The maximum Gasteiger partial charge on any atom is 0.228 e. The maximum absolute atomic E-state index is 12.0. The molecule has 2 rings (SSSR count). The van der Waals surface area contributed by atoms with Crippen molar-refractivity contribution in [2.75, 3.05) is 25.1 Å². The number of nitrogens with zero attached hydrogens (tertiary/aromatic N) is 3. The Hall–Kier alpha value is -1.85. The number of hydrogen-bond donors (Lipinski definition) is 1. The van der Waals surface area contributed by atoms with Gasteiger partial charge >= 0.3 is 0 Å². The first-order valence-electron chi connectivity index (χ1n) is 7.33. The first-order valence-corrected chi connectivity index (χ1v) is 7.33. The Morgan fingerprint density at radius 2 is 2.05 bits per heavy atom. The lowest BCUT2D eigenvalue weighted by Gasteiger charge is -2.33. The van der Waals surface area contributed by atoms with E-state index in [0.717, 1.165) is 25.9 Å². The third kappa shape index (κ3) is 4.06. The highest BCUT2D eigenvalue weighted by molar-refractivity contribution is 5.81. The van der Waals surface area contributed by atoms with E-state index in [-0.39, 0.29) is 17.4 Å². The van der Waals surface area contributed by atoms with Crippen molar-refractivity contribution in [3.63, 3.8) is 0 Å². The van der Waals surface area contributed by atoms with Crippen molar-refractivity contribution in [2.24, 2.45) is 5.41 Å². The minimum atomic E-state index is -0.340. The number of carbonyl (C=O) groups is 1. The number of nitrogens with one attached hydrogen (secondary N) is 1. The van der Waals surface area contributed by atoms with Crippen LogP contribution in [0, 0.1) is 5.41 Å². The number of methoxy groups -OCH3 is 1. The monoisotopic (exact) mass is 292 g/mol. The van der Waals surface area contributed by atoms with Crippen LogP contribution in [0.15, 0.2) is 12.3 Å². The molecule has 1 N–H and O–H groups in total. The van der Waals surface area contributed by atoms with Crippen LogP contribution < -0.4 is 15.0 Å². The van der Waals surface area contributed by atoms with E-state index >= 15 is 0 Å². The van der Waals surface area contributed by atoms with Crippen molar-refractivity contribution in [2.45, 2.75) is 39.7 Å². The largest absolute Gasteiger partial charge is 0.481 e. The van der Waals surface area contributed by atoms with Crippen molar-refractivity contribution in [1.29, 1.82) is 0 Å². The van der Waals surface area contributed by atoms with Crippen molar-refractivity contribution in [3.8, 4) is 5.88 Å². The fraction of sp³-hybridized carbons (Fsp3) is 0.667. The molecule has 0 bridgehead atoms. The first kappa shape index (κ1) is 15.5. The summed E-state index contributed by atoms with van der Waals surface area (Å²) in [5.74, 6) is 1.37. The van der Waals surface area contributed by atoms with Crippen molar-refractivity contribution < 1.29 is 9.53 Å². The number of hydrogen-bond acceptors (Lipinski definition) is 5. The molecule has 1 amide bonds. The Morgan fingerprint density at radius 1 is 1.38 bits per heavy atom. The number of ether oxygens (including phenoxy) is 1. The fourth-order valence-electron chi connectivity index (χ4n) is 2.22. The van der Waals surface area contributed by atoms with E-state index in [0.29, 0.717) is 11.8 Å². The lowest BCUT2D eigenvalue weighted by molar-refractivity contribution is -0.129. The number of piperidine rings is 1. The van der Waals surface area contributed by atoms with E-state index in [2.05, 4.69) is 20.2 Å². The molecule has 1 aliphatic heterocycles. The number of amides is 1. The minimum Gasteiger partial charge on any atom is -0.481 e. The summed E-state index contributed by atoms with van der Waals surface area (Å²) in [5, 5.41) is 3.12. The molecule has 6 nitrogen and oxygen atoms in total. The molecule has 0 unspecified atom stereocenters. The van der Waals surface area contributed by atoms with E-state index in [4.69, 9.17) is 4.74 Å². The lowest BCUT2D eigenvalue weighted by Crippen LogP contribution is -2.48. The quantitative estimate of drug-likeness (QED) is 0.917. The number of aromatic nitrogens is 2. The Morgan fingerprint density at radius 3 is 2.62 bits per heavy atom. The summed E-state index contributed by atoms with van der Waals surface area (Å²) in [5.41, 5.74) is -0.340. The van der Waals surface area contributed by atoms with Gasteiger partial charge in [-0.05, 0) is 12.8 Å².